The van der Waals surface area contributed by atoms with Gasteiger partial charge in [-0.3, -0.25) is 10.1 Å². The van der Waals surface area contributed by atoms with Gasteiger partial charge < -0.3 is 4.74 Å². The number of hydrogen-bond acceptors (Lipinski definition) is 5. The molecule has 1 amide bonds. The summed E-state index contributed by atoms with van der Waals surface area (Å²) >= 11 is 7.21. The number of carbonyl (C=O) groups excluding carboxylic acids is 1. The highest BCUT2D eigenvalue weighted by atomic mass is 35.5. The Morgan fingerprint density at radius 1 is 1.19 bits per heavy atom. The van der Waals surface area contributed by atoms with Crippen LogP contribution in [0.15, 0.2) is 42.5 Å². The summed E-state index contributed by atoms with van der Waals surface area (Å²) < 4.78 is 5.94. The molecule has 5 nitrogen and oxygen atoms in total. The molecule has 0 aliphatic heterocycles. The van der Waals surface area contributed by atoms with E-state index in [2.05, 4.69) is 15.5 Å². The molecule has 0 fully saturated rings. The van der Waals surface area contributed by atoms with Gasteiger partial charge in [-0.1, -0.05) is 54.1 Å². The average Bonchev–Trinajstić information content (AvgIpc) is 3.11. The summed E-state index contributed by atoms with van der Waals surface area (Å²) in [5.74, 6) is 0.480. The van der Waals surface area contributed by atoms with Crippen LogP contribution in [0, 0.1) is 13.8 Å². The number of nitrogens with zero attached hydrogens (tertiary/aromatic N) is 2. The van der Waals surface area contributed by atoms with Crippen molar-refractivity contribution in [3.8, 4) is 16.3 Å². The molecule has 0 bridgehead atoms. The van der Waals surface area contributed by atoms with Crippen molar-refractivity contribution in [2.75, 3.05) is 5.32 Å². The summed E-state index contributed by atoms with van der Waals surface area (Å²) in [5, 5.41) is 12.8. The third-order valence-electron chi connectivity index (χ3n) is 4.02. The number of amides is 1. The molecule has 3 rings (SSSR count). The van der Waals surface area contributed by atoms with Crippen molar-refractivity contribution in [2.45, 2.75) is 33.3 Å². The first kappa shape index (κ1) is 19.3. The van der Waals surface area contributed by atoms with E-state index in [1.807, 2.05) is 51.1 Å². The first-order valence-electron chi connectivity index (χ1n) is 8.60. The highest BCUT2D eigenvalue weighted by Crippen LogP contribution is 2.28. The lowest BCUT2D eigenvalue weighted by Gasteiger charge is -2.18. The second-order valence-corrected chi connectivity index (χ2v) is 7.61. The Balaban J connectivity index is 1.70. The van der Waals surface area contributed by atoms with Gasteiger partial charge in [0.15, 0.2) is 6.10 Å². The Kier molecular flexibility index (Phi) is 6.08. The van der Waals surface area contributed by atoms with Gasteiger partial charge in [0.2, 0.25) is 5.13 Å². The maximum absolute atomic E-state index is 12.6. The van der Waals surface area contributed by atoms with Crippen molar-refractivity contribution in [3.63, 3.8) is 0 Å². The van der Waals surface area contributed by atoms with E-state index in [0.29, 0.717) is 21.6 Å². The largest absolute Gasteiger partial charge is 0.480 e. The van der Waals surface area contributed by atoms with Gasteiger partial charge in [-0.25, -0.2) is 0 Å². The minimum Gasteiger partial charge on any atom is -0.480 e. The van der Waals surface area contributed by atoms with Crippen molar-refractivity contribution in [2.24, 2.45) is 0 Å². The Hall–Kier alpha value is -2.44. The van der Waals surface area contributed by atoms with Gasteiger partial charge in [0.25, 0.3) is 5.91 Å². The average molecular weight is 402 g/mol. The quantitative estimate of drug-likeness (QED) is 0.611. The fourth-order valence-electron chi connectivity index (χ4n) is 2.48. The molecular formula is C20H20ClN3O2S. The normalized spacial score (nSPS) is 11.9. The van der Waals surface area contributed by atoms with E-state index in [1.165, 1.54) is 11.3 Å². The van der Waals surface area contributed by atoms with Crippen LogP contribution in [0.5, 0.6) is 5.75 Å². The molecule has 0 aliphatic carbocycles. The number of nitrogens with one attached hydrogen (secondary N) is 1. The molecule has 0 radical (unpaired) electrons. The van der Waals surface area contributed by atoms with Crippen LogP contribution in [0.25, 0.3) is 10.6 Å². The number of halogens is 1. The summed E-state index contributed by atoms with van der Waals surface area (Å²) in [7, 11) is 0. The van der Waals surface area contributed by atoms with Crippen LogP contribution >= 0.6 is 22.9 Å². The lowest BCUT2D eigenvalue weighted by Crippen LogP contribution is -2.32. The lowest BCUT2D eigenvalue weighted by atomic mass is 10.1. The molecule has 0 spiro atoms. The molecule has 2 aromatic carbocycles. The Morgan fingerprint density at radius 2 is 1.93 bits per heavy atom. The van der Waals surface area contributed by atoms with Crippen LogP contribution in [0.3, 0.4) is 0 Å². The number of ether oxygens (including phenoxy) is 1. The molecule has 7 heteroatoms. The van der Waals surface area contributed by atoms with Crippen LogP contribution in [0.4, 0.5) is 5.13 Å². The van der Waals surface area contributed by atoms with Gasteiger partial charge in [0.1, 0.15) is 10.8 Å². The SMILES string of the molecule is CC[C@H](Oc1cc(C)ccc1C)C(=O)Nc1nnc(-c2ccc(Cl)cc2)s1. The third kappa shape index (κ3) is 4.84. The smallest absolute Gasteiger partial charge is 0.267 e. The molecule has 27 heavy (non-hydrogen) atoms. The molecular weight excluding hydrogens is 382 g/mol. The Morgan fingerprint density at radius 3 is 2.63 bits per heavy atom. The van der Waals surface area contributed by atoms with Crippen LogP contribution in [0.1, 0.15) is 24.5 Å². The van der Waals surface area contributed by atoms with Gasteiger partial charge in [0, 0.05) is 10.6 Å². The van der Waals surface area contributed by atoms with E-state index in [-0.39, 0.29) is 5.91 Å². The molecule has 1 N–H and O–H groups in total. The Labute approximate surface area is 167 Å². The zero-order valence-electron chi connectivity index (χ0n) is 15.3. The van der Waals surface area contributed by atoms with E-state index in [9.17, 15) is 4.79 Å². The number of rotatable bonds is 6. The predicted molar refractivity (Wildman–Crippen MR) is 110 cm³/mol. The minimum absolute atomic E-state index is 0.239. The molecule has 0 saturated heterocycles. The van der Waals surface area contributed by atoms with Gasteiger partial charge in [-0.05, 0) is 49.6 Å². The van der Waals surface area contributed by atoms with Crippen LogP contribution in [-0.2, 0) is 4.79 Å². The van der Waals surface area contributed by atoms with Gasteiger partial charge in [0.05, 0.1) is 0 Å². The van der Waals surface area contributed by atoms with Crippen molar-refractivity contribution >= 4 is 34.0 Å². The maximum atomic E-state index is 12.6. The molecule has 0 saturated carbocycles. The number of carbonyl (C=O) groups is 1. The highest BCUT2D eigenvalue weighted by molar-refractivity contribution is 7.18. The summed E-state index contributed by atoms with van der Waals surface area (Å²) in [6, 6.07) is 13.3. The van der Waals surface area contributed by atoms with Gasteiger partial charge in [-0.15, -0.1) is 10.2 Å². The maximum Gasteiger partial charge on any atom is 0.267 e. The topological polar surface area (TPSA) is 64.1 Å². The first-order valence-corrected chi connectivity index (χ1v) is 9.80. The molecule has 3 aromatic rings. The number of hydrogen-bond donors (Lipinski definition) is 1. The Bertz CT molecular complexity index is 941. The van der Waals surface area contributed by atoms with Crippen molar-refractivity contribution < 1.29 is 9.53 Å². The lowest BCUT2D eigenvalue weighted by molar-refractivity contribution is -0.122. The second kappa shape index (κ2) is 8.50. The zero-order valence-corrected chi connectivity index (χ0v) is 16.9. The van der Waals surface area contributed by atoms with E-state index in [4.69, 9.17) is 16.3 Å². The van der Waals surface area contributed by atoms with E-state index >= 15 is 0 Å². The molecule has 0 unspecified atom stereocenters. The minimum atomic E-state index is -0.603. The number of anilines is 1. The predicted octanol–water partition coefficient (Wildman–Crippen LogP) is 5.27. The monoisotopic (exact) mass is 401 g/mol. The van der Waals surface area contributed by atoms with E-state index in [1.54, 1.807) is 12.1 Å². The van der Waals surface area contributed by atoms with Crippen molar-refractivity contribution in [1.82, 2.24) is 10.2 Å². The first-order chi connectivity index (χ1) is 13.0. The molecule has 1 atom stereocenters. The number of benzene rings is 2. The fraction of sp³-hybridized carbons (Fsp3) is 0.250. The third-order valence-corrected chi connectivity index (χ3v) is 5.16. The summed E-state index contributed by atoms with van der Waals surface area (Å²) in [6.45, 7) is 5.87. The van der Waals surface area contributed by atoms with Crippen molar-refractivity contribution in [1.29, 1.82) is 0 Å². The van der Waals surface area contributed by atoms with Crippen LogP contribution in [0.2, 0.25) is 5.02 Å². The summed E-state index contributed by atoms with van der Waals surface area (Å²) in [4.78, 5) is 12.6. The molecule has 1 heterocycles. The summed E-state index contributed by atoms with van der Waals surface area (Å²) in [5.41, 5.74) is 2.98. The number of aryl methyl sites for hydroxylation is 2. The van der Waals surface area contributed by atoms with Crippen LogP contribution in [-0.4, -0.2) is 22.2 Å². The molecule has 0 aliphatic rings. The van der Waals surface area contributed by atoms with Gasteiger partial charge in [-0.2, -0.15) is 0 Å². The molecule has 1 aromatic heterocycles. The number of aromatic nitrogens is 2. The van der Waals surface area contributed by atoms with E-state index in [0.717, 1.165) is 22.4 Å². The van der Waals surface area contributed by atoms with Crippen molar-refractivity contribution in [3.05, 3.63) is 58.6 Å². The zero-order chi connectivity index (χ0) is 19.4. The molecule has 140 valence electrons. The second-order valence-electron chi connectivity index (χ2n) is 6.19. The van der Waals surface area contributed by atoms with E-state index < -0.39 is 6.10 Å². The van der Waals surface area contributed by atoms with Crippen LogP contribution < -0.4 is 10.1 Å². The van der Waals surface area contributed by atoms with Gasteiger partial charge >= 0.3 is 0 Å². The fourth-order valence-corrected chi connectivity index (χ4v) is 3.36. The highest BCUT2D eigenvalue weighted by Gasteiger charge is 2.21. The standard InChI is InChI=1S/C20H20ClN3O2S/c1-4-16(26-17-11-12(2)5-6-13(17)3)18(25)22-20-24-23-19(27-20)14-7-9-15(21)10-8-14/h5-11,16H,4H2,1-3H3,(H,22,24,25)/t16-/m0/s1. The summed E-state index contributed by atoms with van der Waals surface area (Å²) in [6.07, 6.45) is -0.0596.